The molecule has 0 amide bonds. The lowest BCUT2D eigenvalue weighted by atomic mass is 9.71. The van der Waals surface area contributed by atoms with Crippen LogP contribution in [0.5, 0.6) is 5.75 Å². The average Bonchev–Trinajstić information content (AvgIpc) is 2.90. The molecule has 194 valence electrons. The van der Waals surface area contributed by atoms with E-state index in [0.29, 0.717) is 35.4 Å². The molecular weight excluding hydrogens is 476 g/mol. The third-order valence-electron chi connectivity index (χ3n) is 6.74. The van der Waals surface area contributed by atoms with Crippen molar-refractivity contribution >= 4 is 17.4 Å². The first-order valence-corrected chi connectivity index (χ1v) is 12.2. The number of carbonyl (C=O) groups excluding carboxylic acids is 2. The van der Waals surface area contributed by atoms with E-state index in [4.69, 9.17) is 14.2 Å². The van der Waals surface area contributed by atoms with E-state index in [1.165, 1.54) is 12.1 Å². The van der Waals surface area contributed by atoms with E-state index in [0.717, 1.165) is 17.0 Å². The van der Waals surface area contributed by atoms with Crippen LogP contribution >= 0.6 is 0 Å². The lowest BCUT2D eigenvalue weighted by Gasteiger charge is -2.36. The first-order valence-electron chi connectivity index (χ1n) is 12.2. The SMILES string of the molecule is CCOCCOC(=O)C1=C(C)NC2=C(C(=O)C[C@@H](c3ccc(OC)cc3)C2)[C@@H]1c1ccc([N+](=O)[O-])cc1. The van der Waals surface area contributed by atoms with Crippen molar-refractivity contribution < 1.29 is 28.7 Å². The number of carbonyl (C=O) groups is 2. The van der Waals surface area contributed by atoms with Gasteiger partial charge in [-0.05, 0) is 49.4 Å². The number of Topliss-reactive ketones (excluding diaryl/α,β-unsaturated/α-hetero) is 1. The molecule has 2 aromatic rings. The van der Waals surface area contributed by atoms with Gasteiger partial charge in [-0.1, -0.05) is 24.3 Å². The number of ketones is 1. The first-order chi connectivity index (χ1) is 17.8. The monoisotopic (exact) mass is 506 g/mol. The van der Waals surface area contributed by atoms with Crippen LogP contribution in [0.15, 0.2) is 71.1 Å². The molecule has 2 aliphatic rings. The highest BCUT2D eigenvalue weighted by Gasteiger charge is 2.41. The van der Waals surface area contributed by atoms with Gasteiger partial charge >= 0.3 is 5.97 Å². The van der Waals surface area contributed by atoms with Crippen LogP contribution in [0, 0.1) is 10.1 Å². The number of hydrogen-bond acceptors (Lipinski definition) is 8. The maximum atomic E-state index is 13.6. The maximum Gasteiger partial charge on any atom is 0.336 e. The van der Waals surface area contributed by atoms with Gasteiger partial charge in [-0.3, -0.25) is 14.9 Å². The Morgan fingerprint density at radius 2 is 1.73 bits per heavy atom. The van der Waals surface area contributed by atoms with Crippen molar-refractivity contribution in [3.05, 3.63) is 92.3 Å². The van der Waals surface area contributed by atoms with Crippen molar-refractivity contribution in [2.24, 2.45) is 0 Å². The number of ether oxygens (including phenoxy) is 3. The fourth-order valence-electron chi connectivity index (χ4n) is 4.96. The zero-order valence-electron chi connectivity index (χ0n) is 21.1. The molecule has 0 fully saturated rings. The molecule has 1 N–H and O–H groups in total. The second-order valence-electron chi connectivity index (χ2n) is 8.97. The van der Waals surface area contributed by atoms with Crippen LogP contribution in [-0.4, -0.2) is 43.6 Å². The normalized spacial score (nSPS) is 19.3. The molecule has 0 saturated heterocycles. The van der Waals surface area contributed by atoms with Crippen molar-refractivity contribution in [2.75, 3.05) is 26.9 Å². The number of nitro benzene ring substituents is 1. The van der Waals surface area contributed by atoms with Crippen molar-refractivity contribution in [3.63, 3.8) is 0 Å². The van der Waals surface area contributed by atoms with E-state index in [1.807, 2.05) is 31.2 Å². The Kier molecular flexibility index (Phi) is 8.03. The summed E-state index contributed by atoms with van der Waals surface area (Å²) >= 11 is 0. The van der Waals surface area contributed by atoms with Crippen LogP contribution in [0.3, 0.4) is 0 Å². The third kappa shape index (κ3) is 5.56. The summed E-state index contributed by atoms with van der Waals surface area (Å²) in [7, 11) is 1.61. The molecule has 37 heavy (non-hydrogen) atoms. The number of rotatable bonds is 9. The van der Waals surface area contributed by atoms with E-state index in [1.54, 1.807) is 26.2 Å². The second-order valence-corrected chi connectivity index (χ2v) is 8.97. The Balaban J connectivity index is 1.71. The summed E-state index contributed by atoms with van der Waals surface area (Å²) < 4.78 is 16.0. The molecule has 0 saturated carbocycles. The molecule has 1 aliphatic carbocycles. The summed E-state index contributed by atoms with van der Waals surface area (Å²) in [5, 5.41) is 14.5. The molecule has 0 spiro atoms. The van der Waals surface area contributed by atoms with Gasteiger partial charge in [0, 0.05) is 48.0 Å². The van der Waals surface area contributed by atoms with Gasteiger partial charge in [-0.15, -0.1) is 0 Å². The number of esters is 1. The van der Waals surface area contributed by atoms with Gasteiger partial charge < -0.3 is 19.5 Å². The van der Waals surface area contributed by atoms with Crippen molar-refractivity contribution in [2.45, 2.75) is 38.5 Å². The smallest absolute Gasteiger partial charge is 0.336 e. The number of non-ortho nitro benzene ring substituents is 1. The van der Waals surface area contributed by atoms with E-state index < -0.39 is 16.8 Å². The summed E-state index contributed by atoms with van der Waals surface area (Å²) in [5.41, 5.74) is 3.74. The fraction of sp³-hybridized carbons (Fsp3) is 0.357. The molecule has 4 rings (SSSR count). The van der Waals surface area contributed by atoms with E-state index >= 15 is 0 Å². The quantitative estimate of drug-likeness (QED) is 0.228. The molecule has 0 radical (unpaired) electrons. The first kappa shape index (κ1) is 26.1. The summed E-state index contributed by atoms with van der Waals surface area (Å²) in [5.74, 6) is -0.614. The van der Waals surface area contributed by atoms with Gasteiger partial charge in [-0.25, -0.2) is 4.79 Å². The molecule has 9 nitrogen and oxygen atoms in total. The fourth-order valence-corrected chi connectivity index (χ4v) is 4.96. The zero-order chi connectivity index (χ0) is 26.5. The van der Waals surface area contributed by atoms with Gasteiger partial charge in [0.15, 0.2) is 5.78 Å². The molecular formula is C28H30N2O7. The van der Waals surface area contributed by atoms with Crippen LogP contribution in [0.2, 0.25) is 0 Å². The average molecular weight is 507 g/mol. The standard InChI is InChI=1S/C28H30N2O7/c1-4-36-13-14-37-28(32)25-17(2)29-23-15-20(18-7-11-22(35-3)12-8-18)16-24(31)27(23)26(25)19-5-9-21(10-6-19)30(33)34/h5-12,20,26,29H,4,13-16H2,1-3H3/t20-,26+/m0/s1. The predicted octanol–water partition coefficient (Wildman–Crippen LogP) is 4.54. The van der Waals surface area contributed by atoms with Crippen LogP contribution < -0.4 is 10.1 Å². The van der Waals surface area contributed by atoms with Gasteiger partial charge in [-0.2, -0.15) is 0 Å². The molecule has 0 bridgehead atoms. The van der Waals surface area contributed by atoms with Gasteiger partial charge in [0.05, 0.1) is 24.2 Å². The highest BCUT2D eigenvalue weighted by molar-refractivity contribution is 6.04. The number of nitrogens with zero attached hydrogens (tertiary/aromatic N) is 1. The number of methoxy groups -OCH3 is 1. The number of dihydropyridines is 1. The Morgan fingerprint density at radius 1 is 1.05 bits per heavy atom. The summed E-state index contributed by atoms with van der Waals surface area (Å²) in [6, 6.07) is 13.6. The lowest BCUT2D eigenvalue weighted by molar-refractivity contribution is -0.384. The van der Waals surface area contributed by atoms with Crippen LogP contribution in [-0.2, 0) is 19.1 Å². The predicted molar refractivity (Wildman–Crippen MR) is 136 cm³/mol. The van der Waals surface area contributed by atoms with Gasteiger partial charge in [0.25, 0.3) is 5.69 Å². The molecule has 0 aromatic heterocycles. The van der Waals surface area contributed by atoms with Gasteiger partial charge in [0.1, 0.15) is 12.4 Å². The van der Waals surface area contributed by atoms with Crippen LogP contribution in [0.25, 0.3) is 0 Å². The van der Waals surface area contributed by atoms with Crippen LogP contribution in [0.1, 0.15) is 49.7 Å². The highest BCUT2D eigenvalue weighted by atomic mass is 16.6. The van der Waals surface area contributed by atoms with Gasteiger partial charge in [0.2, 0.25) is 0 Å². The molecule has 1 aliphatic heterocycles. The minimum Gasteiger partial charge on any atom is -0.497 e. The molecule has 2 atom stereocenters. The van der Waals surface area contributed by atoms with Crippen molar-refractivity contribution in [1.29, 1.82) is 0 Å². The zero-order valence-corrected chi connectivity index (χ0v) is 21.1. The maximum absolute atomic E-state index is 13.6. The van der Waals surface area contributed by atoms with E-state index in [2.05, 4.69) is 5.32 Å². The molecule has 9 heteroatoms. The highest BCUT2D eigenvalue weighted by Crippen LogP contribution is 2.46. The van der Waals surface area contributed by atoms with Crippen LogP contribution in [0.4, 0.5) is 5.69 Å². The molecule has 1 heterocycles. The topological polar surface area (TPSA) is 117 Å². The Hall–Kier alpha value is -3.98. The number of allylic oxidation sites excluding steroid dienone is 3. The second kappa shape index (κ2) is 11.4. The minimum atomic E-state index is -0.694. The largest absolute Gasteiger partial charge is 0.497 e. The molecule has 0 unspecified atom stereocenters. The van der Waals surface area contributed by atoms with Crippen molar-refractivity contribution in [1.82, 2.24) is 5.32 Å². The third-order valence-corrected chi connectivity index (χ3v) is 6.74. The lowest BCUT2D eigenvalue weighted by Crippen LogP contribution is -2.36. The number of nitrogens with one attached hydrogen (secondary N) is 1. The molecule has 2 aromatic carbocycles. The summed E-state index contributed by atoms with van der Waals surface area (Å²) in [4.78, 5) is 37.6. The number of nitro groups is 1. The minimum absolute atomic E-state index is 0.0327. The van der Waals surface area contributed by atoms with E-state index in [-0.39, 0.29) is 37.0 Å². The summed E-state index contributed by atoms with van der Waals surface area (Å²) in [6.45, 7) is 4.48. The number of hydrogen-bond donors (Lipinski definition) is 1. The Morgan fingerprint density at radius 3 is 2.35 bits per heavy atom. The summed E-state index contributed by atoms with van der Waals surface area (Å²) in [6.07, 6.45) is 0.864. The number of benzene rings is 2. The Labute approximate surface area is 215 Å². The van der Waals surface area contributed by atoms with Crippen molar-refractivity contribution in [3.8, 4) is 5.75 Å². The van der Waals surface area contributed by atoms with E-state index in [9.17, 15) is 19.7 Å². The Bertz CT molecular complexity index is 1250.